The monoisotopic (exact) mass is 449 g/mol. The van der Waals surface area contributed by atoms with E-state index in [2.05, 4.69) is 48.3 Å². The second-order valence-electron chi connectivity index (χ2n) is 9.05. The molecule has 1 aliphatic heterocycles. The second-order valence-corrected chi connectivity index (χ2v) is 9.05. The quantitative estimate of drug-likeness (QED) is 0.383. The van der Waals surface area contributed by atoms with E-state index >= 15 is 0 Å². The van der Waals surface area contributed by atoms with E-state index in [0.717, 1.165) is 64.2 Å². The van der Waals surface area contributed by atoms with E-state index in [0.29, 0.717) is 0 Å². The average Bonchev–Trinajstić information content (AvgIpc) is 3.49. The molecule has 7 heteroatoms. The lowest BCUT2D eigenvalue weighted by Gasteiger charge is -2.21. The summed E-state index contributed by atoms with van der Waals surface area (Å²) in [5.41, 5.74) is 6.00. The number of aryl methyl sites for hydroxylation is 3. The fraction of sp³-hybridized carbons (Fsp3) is 0.259. The van der Waals surface area contributed by atoms with Crippen LogP contribution in [-0.2, 0) is 0 Å². The van der Waals surface area contributed by atoms with Gasteiger partial charge in [0.05, 0.1) is 22.2 Å². The third kappa shape index (κ3) is 3.53. The van der Waals surface area contributed by atoms with Crippen molar-refractivity contribution in [3.8, 4) is 5.82 Å². The number of fused-ring (bicyclic) bond motifs is 2. The van der Waals surface area contributed by atoms with Crippen LogP contribution in [0.2, 0.25) is 0 Å². The van der Waals surface area contributed by atoms with Crippen molar-refractivity contribution in [2.75, 3.05) is 23.3 Å². The number of hydrogen-bond donors (Lipinski definition) is 1. The maximum atomic E-state index is 4.99. The Morgan fingerprint density at radius 2 is 1.56 bits per heavy atom. The van der Waals surface area contributed by atoms with Crippen LogP contribution in [0.25, 0.3) is 27.8 Å². The fourth-order valence-electron chi connectivity index (χ4n) is 4.76. The molecule has 0 spiro atoms. The molecule has 0 bridgehead atoms. The minimum atomic E-state index is 0.746. The Kier molecular flexibility index (Phi) is 4.90. The lowest BCUT2D eigenvalue weighted by Crippen LogP contribution is -2.21. The summed E-state index contributed by atoms with van der Waals surface area (Å²) in [4.78, 5) is 17.3. The highest BCUT2D eigenvalue weighted by molar-refractivity contribution is 5.86. The second kappa shape index (κ2) is 8.09. The summed E-state index contributed by atoms with van der Waals surface area (Å²) in [6, 6.07) is 18.4. The van der Waals surface area contributed by atoms with Gasteiger partial charge >= 0.3 is 0 Å². The van der Waals surface area contributed by atoms with E-state index in [1.54, 1.807) is 0 Å². The van der Waals surface area contributed by atoms with Gasteiger partial charge in [0.1, 0.15) is 5.82 Å². The van der Waals surface area contributed by atoms with Gasteiger partial charge in [-0.3, -0.25) is 0 Å². The first kappa shape index (κ1) is 20.6. The Labute approximate surface area is 198 Å². The number of para-hydroxylation sites is 3. The number of nitrogens with zero attached hydrogens (tertiary/aromatic N) is 6. The number of aromatic nitrogens is 5. The van der Waals surface area contributed by atoms with Crippen LogP contribution in [-0.4, -0.2) is 37.8 Å². The SMILES string of the molecule is Cc1cc(Nc2nc3ccccc3nc2N2CCCC2)n(-c2cc(C)c3cccc(C)c3n2)n1. The zero-order valence-corrected chi connectivity index (χ0v) is 19.7. The molecule has 170 valence electrons. The molecule has 0 saturated carbocycles. The van der Waals surface area contributed by atoms with Gasteiger partial charge in [-0.1, -0.05) is 30.3 Å². The van der Waals surface area contributed by atoms with Gasteiger partial charge in [0.25, 0.3) is 0 Å². The Morgan fingerprint density at radius 1 is 0.794 bits per heavy atom. The first-order valence-electron chi connectivity index (χ1n) is 11.8. The molecule has 4 heterocycles. The van der Waals surface area contributed by atoms with Gasteiger partial charge in [0, 0.05) is 24.5 Å². The number of anilines is 3. The molecule has 34 heavy (non-hydrogen) atoms. The molecule has 0 unspecified atom stereocenters. The van der Waals surface area contributed by atoms with Crippen LogP contribution in [0, 0.1) is 20.8 Å². The van der Waals surface area contributed by atoms with Gasteiger partial charge in [0.15, 0.2) is 17.5 Å². The van der Waals surface area contributed by atoms with Gasteiger partial charge in [-0.15, -0.1) is 0 Å². The van der Waals surface area contributed by atoms with Crippen LogP contribution >= 0.6 is 0 Å². The third-order valence-corrected chi connectivity index (χ3v) is 6.49. The van der Waals surface area contributed by atoms with E-state index in [1.807, 2.05) is 41.9 Å². The molecular weight excluding hydrogens is 422 g/mol. The molecular formula is C27H27N7. The standard InChI is InChI=1S/C27H27N7/c1-17-9-8-10-20-18(2)15-23(30-25(17)20)34-24(16-19(3)32-34)31-26-27(33-13-6-7-14-33)29-22-12-5-4-11-21(22)28-26/h4-5,8-12,15-16H,6-7,13-14H2,1-3H3,(H,28,31). The average molecular weight is 450 g/mol. The Morgan fingerprint density at radius 3 is 2.35 bits per heavy atom. The lowest BCUT2D eigenvalue weighted by atomic mass is 10.1. The Hall–Kier alpha value is -4.00. The maximum absolute atomic E-state index is 4.99. The minimum absolute atomic E-state index is 0.746. The van der Waals surface area contributed by atoms with Gasteiger partial charge in [-0.25, -0.2) is 15.0 Å². The molecule has 0 atom stereocenters. The molecule has 1 N–H and O–H groups in total. The number of nitrogens with one attached hydrogen (secondary N) is 1. The van der Waals surface area contributed by atoms with Crippen LogP contribution in [0.1, 0.15) is 29.7 Å². The summed E-state index contributed by atoms with van der Waals surface area (Å²) in [5.74, 6) is 3.24. The highest BCUT2D eigenvalue weighted by Gasteiger charge is 2.21. The summed E-state index contributed by atoms with van der Waals surface area (Å²) in [6.07, 6.45) is 2.34. The Bertz CT molecular complexity index is 1530. The molecule has 1 aliphatic rings. The topological polar surface area (TPSA) is 71.8 Å². The van der Waals surface area contributed by atoms with Crippen LogP contribution in [0.3, 0.4) is 0 Å². The van der Waals surface area contributed by atoms with Gasteiger partial charge in [-0.05, 0) is 62.9 Å². The van der Waals surface area contributed by atoms with E-state index in [4.69, 9.17) is 20.1 Å². The number of benzene rings is 2. The van der Waals surface area contributed by atoms with E-state index < -0.39 is 0 Å². The molecule has 2 aromatic carbocycles. The predicted octanol–water partition coefficient (Wildman–Crippen LogP) is 5.63. The normalized spacial score (nSPS) is 13.8. The van der Waals surface area contributed by atoms with Crippen molar-refractivity contribution in [2.45, 2.75) is 33.6 Å². The van der Waals surface area contributed by atoms with Crippen molar-refractivity contribution < 1.29 is 0 Å². The molecule has 1 saturated heterocycles. The predicted molar refractivity (Wildman–Crippen MR) is 137 cm³/mol. The molecule has 7 nitrogen and oxygen atoms in total. The zero-order chi connectivity index (χ0) is 23.2. The van der Waals surface area contributed by atoms with E-state index in [-0.39, 0.29) is 0 Å². The summed E-state index contributed by atoms with van der Waals surface area (Å²) >= 11 is 0. The minimum Gasteiger partial charge on any atom is -0.354 e. The third-order valence-electron chi connectivity index (χ3n) is 6.49. The molecule has 0 aliphatic carbocycles. The highest BCUT2D eigenvalue weighted by atomic mass is 15.4. The molecule has 1 fully saturated rings. The smallest absolute Gasteiger partial charge is 0.175 e. The molecule has 0 radical (unpaired) electrons. The largest absolute Gasteiger partial charge is 0.354 e. The van der Waals surface area contributed by atoms with E-state index in [9.17, 15) is 0 Å². The zero-order valence-electron chi connectivity index (χ0n) is 19.7. The molecule has 5 aromatic rings. The summed E-state index contributed by atoms with van der Waals surface area (Å²) in [7, 11) is 0. The van der Waals surface area contributed by atoms with Crippen molar-refractivity contribution in [2.24, 2.45) is 0 Å². The Balaban J connectivity index is 1.48. The van der Waals surface area contributed by atoms with Crippen molar-refractivity contribution in [3.63, 3.8) is 0 Å². The van der Waals surface area contributed by atoms with Gasteiger partial charge < -0.3 is 10.2 Å². The van der Waals surface area contributed by atoms with Crippen molar-refractivity contribution in [1.82, 2.24) is 24.7 Å². The van der Waals surface area contributed by atoms with Crippen molar-refractivity contribution in [1.29, 1.82) is 0 Å². The molecule has 0 amide bonds. The van der Waals surface area contributed by atoms with Crippen LogP contribution < -0.4 is 10.2 Å². The molecule has 6 rings (SSSR count). The first-order chi connectivity index (χ1) is 16.6. The number of pyridine rings is 1. The van der Waals surface area contributed by atoms with Crippen LogP contribution in [0.5, 0.6) is 0 Å². The van der Waals surface area contributed by atoms with Crippen molar-refractivity contribution >= 4 is 39.4 Å². The fourth-order valence-corrected chi connectivity index (χ4v) is 4.76. The van der Waals surface area contributed by atoms with Crippen molar-refractivity contribution in [3.05, 3.63) is 71.4 Å². The summed E-state index contributed by atoms with van der Waals surface area (Å²) < 4.78 is 1.87. The number of hydrogen-bond acceptors (Lipinski definition) is 6. The van der Waals surface area contributed by atoms with Gasteiger partial charge in [-0.2, -0.15) is 9.78 Å². The highest BCUT2D eigenvalue weighted by Crippen LogP contribution is 2.31. The maximum Gasteiger partial charge on any atom is 0.175 e. The van der Waals surface area contributed by atoms with Crippen LogP contribution in [0.15, 0.2) is 54.6 Å². The summed E-state index contributed by atoms with van der Waals surface area (Å²) in [5, 5.41) is 9.50. The van der Waals surface area contributed by atoms with E-state index in [1.165, 1.54) is 23.8 Å². The first-order valence-corrected chi connectivity index (χ1v) is 11.8. The summed E-state index contributed by atoms with van der Waals surface area (Å²) in [6.45, 7) is 8.19. The van der Waals surface area contributed by atoms with Crippen LogP contribution in [0.4, 0.5) is 17.5 Å². The number of rotatable bonds is 4. The molecule has 3 aromatic heterocycles. The van der Waals surface area contributed by atoms with Gasteiger partial charge in [0.2, 0.25) is 0 Å². The lowest BCUT2D eigenvalue weighted by molar-refractivity contribution is 0.841.